The van der Waals surface area contributed by atoms with E-state index in [0.29, 0.717) is 23.8 Å². The summed E-state index contributed by atoms with van der Waals surface area (Å²) in [7, 11) is 1.64. The highest BCUT2D eigenvalue weighted by Gasteiger charge is 2.37. The van der Waals surface area contributed by atoms with Crippen LogP contribution in [0, 0.1) is 11.8 Å². The van der Waals surface area contributed by atoms with Gasteiger partial charge in [-0.3, -0.25) is 4.79 Å². The molecule has 1 aliphatic rings. The monoisotopic (exact) mass is 330 g/mol. The third-order valence-electron chi connectivity index (χ3n) is 4.91. The minimum atomic E-state index is -0.140. The summed E-state index contributed by atoms with van der Waals surface area (Å²) in [6, 6.07) is 7.40. The standard InChI is InChI=1S/C21H30O3/c1-4-5-6-7-8-9-17-10-15-20(22)21(17)16(2)24-19-13-11-18(23-3)12-14-19/h11-14,17,21H,2,4-10,15H2,1,3H3/t17-,21+/m0/s1. The lowest BCUT2D eigenvalue weighted by Crippen LogP contribution is -2.20. The Kier molecular flexibility index (Phi) is 7.36. The molecule has 0 amide bonds. The van der Waals surface area contributed by atoms with Crippen molar-refractivity contribution in [3.8, 4) is 11.5 Å². The Labute approximate surface area is 146 Å². The molecular formula is C21H30O3. The topological polar surface area (TPSA) is 35.5 Å². The van der Waals surface area contributed by atoms with Gasteiger partial charge in [0, 0.05) is 6.42 Å². The first-order valence-corrected chi connectivity index (χ1v) is 9.19. The Morgan fingerprint density at radius 2 is 1.79 bits per heavy atom. The van der Waals surface area contributed by atoms with Crippen molar-refractivity contribution in [2.75, 3.05) is 7.11 Å². The molecule has 0 N–H and O–H groups in total. The van der Waals surface area contributed by atoms with Gasteiger partial charge in [-0.2, -0.15) is 0 Å². The summed E-state index contributed by atoms with van der Waals surface area (Å²) in [5.41, 5.74) is 0. The van der Waals surface area contributed by atoms with Crippen molar-refractivity contribution >= 4 is 5.78 Å². The van der Waals surface area contributed by atoms with Crippen molar-refractivity contribution in [2.24, 2.45) is 11.8 Å². The molecule has 0 spiro atoms. The van der Waals surface area contributed by atoms with Gasteiger partial charge in [-0.1, -0.05) is 45.6 Å². The molecule has 3 heteroatoms. The molecule has 0 heterocycles. The van der Waals surface area contributed by atoms with Crippen molar-refractivity contribution in [1.29, 1.82) is 0 Å². The summed E-state index contributed by atoms with van der Waals surface area (Å²) >= 11 is 0. The maximum Gasteiger partial charge on any atom is 0.143 e. The second-order valence-electron chi connectivity index (χ2n) is 6.69. The van der Waals surface area contributed by atoms with E-state index in [2.05, 4.69) is 13.5 Å². The van der Waals surface area contributed by atoms with E-state index in [0.717, 1.165) is 18.6 Å². The number of allylic oxidation sites excluding steroid dienone is 1. The summed E-state index contributed by atoms with van der Waals surface area (Å²) in [4.78, 5) is 12.3. The van der Waals surface area contributed by atoms with Gasteiger partial charge < -0.3 is 9.47 Å². The van der Waals surface area contributed by atoms with Crippen LogP contribution in [-0.4, -0.2) is 12.9 Å². The summed E-state index contributed by atoms with van der Waals surface area (Å²) in [6.45, 7) is 6.29. The normalized spacial score (nSPS) is 20.2. The fourth-order valence-electron chi connectivity index (χ4n) is 3.53. The predicted octanol–water partition coefficient (Wildman–Crippen LogP) is 5.54. The third-order valence-corrected chi connectivity index (χ3v) is 4.91. The molecule has 0 aliphatic heterocycles. The van der Waals surface area contributed by atoms with Crippen molar-refractivity contribution in [3.63, 3.8) is 0 Å². The molecule has 1 aliphatic carbocycles. The number of ether oxygens (including phenoxy) is 2. The SMILES string of the molecule is C=C(Oc1ccc(OC)cc1)[C@H]1C(=O)CC[C@@H]1CCCCCCC. The van der Waals surface area contributed by atoms with Gasteiger partial charge in [0.1, 0.15) is 23.0 Å². The first-order chi connectivity index (χ1) is 11.7. The highest BCUT2D eigenvalue weighted by molar-refractivity contribution is 5.85. The molecule has 2 atom stereocenters. The second-order valence-corrected chi connectivity index (χ2v) is 6.69. The van der Waals surface area contributed by atoms with E-state index in [4.69, 9.17) is 9.47 Å². The zero-order valence-corrected chi connectivity index (χ0v) is 15.1. The number of unbranched alkanes of at least 4 members (excludes halogenated alkanes) is 4. The van der Waals surface area contributed by atoms with Crippen LogP contribution in [0.2, 0.25) is 0 Å². The van der Waals surface area contributed by atoms with E-state index in [1.807, 2.05) is 24.3 Å². The van der Waals surface area contributed by atoms with Crippen molar-refractivity contribution in [3.05, 3.63) is 36.6 Å². The van der Waals surface area contributed by atoms with Crippen LogP contribution in [0.25, 0.3) is 0 Å². The molecule has 1 fully saturated rings. The maximum absolute atomic E-state index is 12.3. The number of ketones is 1. The highest BCUT2D eigenvalue weighted by Crippen LogP contribution is 2.38. The van der Waals surface area contributed by atoms with E-state index >= 15 is 0 Å². The van der Waals surface area contributed by atoms with Crippen LogP contribution >= 0.6 is 0 Å². The first kappa shape index (κ1) is 18.6. The van der Waals surface area contributed by atoms with Crippen molar-refractivity contribution < 1.29 is 14.3 Å². The number of hydrogen-bond acceptors (Lipinski definition) is 3. The Morgan fingerprint density at radius 1 is 1.12 bits per heavy atom. The summed E-state index contributed by atoms with van der Waals surface area (Å²) in [5.74, 6) is 2.63. The molecule has 0 saturated heterocycles. The average molecular weight is 330 g/mol. The van der Waals surface area contributed by atoms with Gasteiger partial charge in [0.05, 0.1) is 13.0 Å². The molecule has 2 rings (SSSR count). The van der Waals surface area contributed by atoms with Crippen LogP contribution in [0.3, 0.4) is 0 Å². The van der Waals surface area contributed by atoms with Gasteiger partial charge in [0.25, 0.3) is 0 Å². The lowest BCUT2D eigenvalue weighted by Gasteiger charge is -2.21. The molecule has 132 valence electrons. The van der Waals surface area contributed by atoms with E-state index in [1.54, 1.807) is 7.11 Å². The Morgan fingerprint density at radius 3 is 2.46 bits per heavy atom. The quantitative estimate of drug-likeness (QED) is 0.417. The molecule has 1 aromatic rings. The van der Waals surface area contributed by atoms with Gasteiger partial charge in [0.15, 0.2) is 0 Å². The van der Waals surface area contributed by atoms with Gasteiger partial charge in [-0.15, -0.1) is 0 Å². The molecule has 0 unspecified atom stereocenters. The number of carbonyl (C=O) groups is 1. The first-order valence-electron chi connectivity index (χ1n) is 9.19. The van der Waals surface area contributed by atoms with Gasteiger partial charge in [-0.25, -0.2) is 0 Å². The van der Waals surface area contributed by atoms with Crippen molar-refractivity contribution in [1.82, 2.24) is 0 Å². The molecule has 24 heavy (non-hydrogen) atoms. The number of carbonyl (C=O) groups excluding carboxylic acids is 1. The van der Waals surface area contributed by atoms with Crippen molar-refractivity contribution in [2.45, 2.75) is 58.3 Å². The van der Waals surface area contributed by atoms with Gasteiger partial charge in [-0.05, 0) is 43.0 Å². The third kappa shape index (κ3) is 5.12. The molecule has 0 aromatic heterocycles. The largest absolute Gasteiger partial charge is 0.497 e. The van der Waals surface area contributed by atoms with E-state index in [-0.39, 0.29) is 11.7 Å². The highest BCUT2D eigenvalue weighted by atomic mass is 16.5. The van der Waals surface area contributed by atoms with Crippen LogP contribution < -0.4 is 9.47 Å². The van der Waals surface area contributed by atoms with Crippen LogP contribution in [0.1, 0.15) is 58.3 Å². The Balaban J connectivity index is 1.88. The number of hydrogen-bond donors (Lipinski definition) is 0. The maximum atomic E-state index is 12.3. The molecule has 0 bridgehead atoms. The van der Waals surface area contributed by atoms with E-state index in [1.165, 1.54) is 32.1 Å². The molecule has 1 aromatic carbocycles. The lowest BCUT2D eigenvalue weighted by molar-refractivity contribution is -0.120. The van der Waals surface area contributed by atoms with Gasteiger partial charge in [0.2, 0.25) is 0 Å². The van der Waals surface area contributed by atoms with E-state index in [9.17, 15) is 4.79 Å². The van der Waals surface area contributed by atoms with Crippen LogP contribution in [0.4, 0.5) is 0 Å². The zero-order chi connectivity index (χ0) is 17.4. The Bertz CT molecular complexity index is 533. The fourth-order valence-corrected chi connectivity index (χ4v) is 3.53. The second kappa shape index (κ2) is 9.51. The Hall–Kier alpha value is -1.77. The molecule has 1 saturated carbocycles. The minimum Gasteiger partial charge on any atom is -0.497 e. The number of Topliss-reactive ketones (excluding diaryl/α,β-unsaturated/α-hetero) is 1. The smallest absolute Gasteiger partial charge is 0.143 e. The van der Waals surface area contributed by atoms with Crippen LogP contribution in [0.15, 0.2) is 36.6 Å². The van der Waals surface area contributed by atoms with Gasteiger partial charge >= 0.3 is 0 Å². The predicted molar refractivity (Wildman–Crippen MR) is 97.4 cm³/mol. The summed E-state index contributed by atoms with van der Waals surface area (Å²) in [6.07, 6.45) is 9.06. The minimum absolute atomic E-state index is 0.140. The summed E-state index contributed by atoms with van der Waals surface area (Å²) in [5, 5.41) is 0. The molecule has 0 radical (unpaired) electrons. The number of rotatable bonds is 10. The zero-order valence-electron chi connectivity index (χ0n) is 15.1. The number of benzene rings is 1. The average Bonchev–Trinajstić information content (AvgIpc) is 2.96. The molecule has 3 nitrogen and oxygen atoms in total. The lowest BCUT2D eigenvalue weighted by atomic mass is 9.89. The van der Waals surface area contributed by atoms with Crippen LogP contribution in [0.5, 0.6) is 11.5 Å². The summed E-state index contributed by atoms with van der Waals surface area (Å²) < 4.78 is 11.0. The molecular weight excluding hydrogens is 300 g/mol. The van der Waals surface area contributed by atoms with Crippen LogP contribution in [-0.2, 0) is 4.79 Å². The fraction of sp³-hybridized carbons (Fsp3) is 0.571. The van der Waals surface area contributed by atoms with E-state index < -0.39 is 0 Å². The number of methoxy groups -OCH3 is 1.